The maximum absolute atomic E-state index is 13.8. The summed E-state index contributed by atoms with van der Waals surface area (Å²) in [5.74, 6) is 0.668. The summed E-state index contributed by atoms with van der Waals surface area (Å²) in [4.78, 5) is 32.1. The molecule has 1 atom stereocenters. The summed E-state index contributed by atoms with van der Waals surface area (Å²) in [6.45, 7) is 0.376. The van der Waals surface area contributed by atoms with Crippen molar-refractivity contribution in [1.82, 2.24) is 14.9 Å². The lowest BCUT2D eigenvalue weighted by Crippen LogP contribution is -2.30. The number of nitrogens with one attached hydrogen (secondary N) is 1. The molecular weight excluding hydrogens is 490 g/mol. The average molecular weight is 520 g/mol. The van der Waals surface area contributed by atoms with E-state index in [1.54, 1.807) is 22.9 Å². The lowest BCUT2D eigenvalue weighted by Gasteiger charge is -2.18. The Bertz CT molecular complexity index is 1780. The molecule has 5 aromatic rings. The smallest absolute Gasteiger partial charge is 0.258 e. The molecule has 0 spiro atoms. The third-order valence-corrected chi connectivity index (χ3v) is 7.54. The molecule has 196 valence electrons. The molecule has 0 aliphatic heterocycles. The summed E-state index contributed by atoms with van der Waals surface area (Å²) in [5.41, 5.74) is 4.41. The number of amides is 1. The largest absolute Gasteiger partial charge is 0.493 e. The van der Waals surface area contributed by atoms with Gasteiger partial charge in [0.1, 0.15) is 0 Å². The van der Waals surface area contributed by atoms with Gasteiger partial charge < -0.3 is 19.4 Å². The summed E-state index contributed by atoms with van der Waals surface area (Å²) in [5, 5.41) is 5.21. The van der Waals surface area contributed by atoms with Crippen molar-refractivity contribution in [3.8, 4) is 11.5 Å². The van der Waals surface area contributed by atoms with E-state index >= 15 is 0 Å². The summed E-state index contributed by atoms with van der Waals surface area (Å²) in [6, 6.07) is 23.4. The Hall–Kier alpha value is -4.65. The predicted octanol–water partition coefficient (Wildman–Crippen LogP) is 5.23. The molecule has 7 heteroatoms. The Labute approximate surface area is 226 Å². The quantitative estimate of drug-likeness (QED) is 0.319. The predicted molar refractivity (Wildman–Crippen MR) is 152 cm³/mol. The number of aromatic nitrogens is 2. The first-order valence-corrected chi connectivity index (χ1v) is 13.1. The molecular formula is C32H29N3O4. The van der Waals surface area contributed by atoms with Crippen LogP contribution in [0.25, 0.3) is 21.7 Å². The van der Waals surface area contributed by atoms with Gasteiger partial charge in [-0.1, -0.05) is 48.5 Å². The standard InChI is InChI=1S/C32H29N3O4/c1-38-29-17-24-25(18-30(29)39-2)32(37)35(16-15-22-13-11-21-8-4-6-10-27(21)33-22)19-26(24)31(36)34-28-14-12-20-7-3-5-9-23(20)28/h3-11,13,17-19,28H,12,14-16H2,1-2H3,(H,34,36). The van der Waals surface area contributed by atoms with Gasteiger partial charge >= 0.3 is 0 Å². The van der Waals surface area contributed by atoms with Gasteiger partial charge in [-0.15, -0.1) is 0 Å². The molecule has 2 heterocycles. The Morgan fingerprint density at radius 1 is 0.974 bits per heavy atom. The number of hydrogen-bond donors (Lipinski definition) is 1. The van der Waals surface area contributed by atoms with Gasteiger partial charge in [0, 0.05) is 35.6 Å². The molecule has 1 aliphatic rings. The molecule has 2 aromatic heterocycles. The van der Waals surface area contributed by atoms with Crippen LogP contribution >= 0.6 is 0 Å². The third kappa shape index (κ3) is 4.61. The molecule has 0 saturated heterocycles. The van der Waals surface area contributed by atoms with E-state index in [4.69, 9.17) is 14.5 Å². The topological polar surface area (TPSA) is 82.5 Å². The molecule has 0 bridgehead atoms. The zero-order chi connectivity index (χ0) is 26.9. The van der Waals surface area contributed by atoms with E-state index in [-0.39, 0.29) is 17.5 Å². The lowest BCUT2D eigenvalue weighted by molar-refractivity contribution is 0.0937. The second kappa shape index (κ2) is 10.3. The SMILES string of the molecule is COc1cc2c(C(=O)NC3CCc4ccccc43)cn(CCc3ccc4ccccc4n3)c(=O)c2cc1OC. The molecule has 6 rings (SSSR count). The van der Waals surface area contributed by atoms with E-state index in [2.05, 4.69) is 17.4 Å². The first kappa shape index (κ1) is 24.7. The van der Waals surface area contributed by atoms with Crippen molar-refractivity contribution in [2.45, 2.75) is 31.8 Å². The zero-order valence-corrected chi connectivity index (χ0v) is 21.9. The number of nitrogens with zero attached hydrogens (tertiary/aromatic N) is 2. The van der Waals surface area contributed by atoms with Crippen LogP contribution in [0.1, 0.15) is 39.6 Å². The lowest BCUT2D eigenvalue weighted by atomic mass is 10.0. The summed E-state index contributed by atoms with van der Waals surface area (Å²) in [6.07, 6.45) is 3.97. The molecule has 1 N–H and O–H groups in total. The van der Waals surface area contributed by atoms with Crippen LogP contribution in [-0.4, -0.2) is 29.7 Å². The Morgan fingerprint density at radius 3 is 2.54 bits per heavy atom. The van der Waals surface area contributed by atoms with E-state index in [1.807, 2.05) is 48.5 Å². The van der Waals surface area contributed by atoms with Crippen LogP contribution < -0.4 is 20.3 Å². The van der Waals surface area contributed by atoms with Gasteiger partial charge in [0.15, 0.2) is 11.5 Å². The van der Waals surface area contributed by atoms with Crippen molar-refractivity contribution in [2.24, 2.45) is 0 Å². The number of para-hydroxylation sites is 1. The normalized spacial score (nSPS) is 14.4. The Morgan fingerprint density at radius 2 is 1.72 bits per heavy atom. The number of aryl methyl sites for hydroxylation is 3. The Balaban J connectivity index is 1.39. The minimum absolute atomic E-state index is 0.0777. The maximum atomic E-state index is 13.8. The molecule has 1 aliphatic carbocycles. The highest BCUT2D eigenvalue weighted by atomic mass is 16.5. The molecule has 3 aromatic carbocycles. The Kier molecular flexibility index (Phi) is 6.49. The summed E-state index contributed by atoms with van der Waals surface area (Å²) < 4.78 is 12.6. The van der Waals surface area contributed by atoms with Crippen LogP contribution in [0.2, 0.25) is 0 Å². The highest BCUT2D eigenvalue weighted by Gasteiger charge is 2.26. The number of rotatable bonds is 7. The third-order valence-electron chi connectivity index (χ3n) is 7.54. The van der Waals surface area contributed by atoms with Gasteiger partial charge in [0.25, 0.3) is 11.5 Å². The van der Waals surface area contributed by atoms with E-state index in [1.165, 1.54) is 19.8 Å². The second-order valence-corrected chi connectivity index (χ2v) is 9.80. The van der Waals surface area contributed by atoms with E-state index in [0.29, 0.717) is 40.8 Å². The number of carbonyl (C=O) groups is 1. The maximum Gasteiger partial charge on any atom is 0.258 e. The van der Waals surface area contributed by atoms with Crippen LogP contribution in [0.5, 0.6) is 11.5 Å². The molecule has 7 nitrogen and oxygen atoms in total. The van der Waals surface area contributed by atoms with Crippen LogP contribution in [0, 0.1) is 0 Å². The van der Waals surface area contributed by atoms with Crippen molar-refractivity contribution in [2.75, 3.05) is 14.2 Å². The van der Waals surface area contributed by atoms with Crippen molar-refractivity contribution in [3.63, 3.8) is 0 Å². The van der Waals surface area contributed by atoms with Gasteiger partial charge in [-0.3, -0.25) is 14.6 Å². The number of fused-ring (bicyclic) bond motifs is 3. The van der Waals surface area contributed by atoms with Gasteiger partial charge in [-0.25, -0.2) is 0 Å². The van der Waals surface area contributed by atoms with Crippen LogP contribution in [-0.2, 0) is 19.4 Å². The van der Waals surface area contributed by atoms with E-state index in [9.17, 15) is 9.59 Å². The number of ether oxygens (including phenoxy) is 2. The second-order valence-electron chi connectivity index (χ2n) is 9.80. The first-order chi connectivity index (χ1) is 19.1. The highest BCUT2D eigenvalue weighted by Crippen LogP contribution is 2.34. The number of pyridine rings is 2. The minimum Gasteiger partial charge on any atom is -0.493 e. The fourth-order valence-corrected chi connectivity index (χ4v) is 5.49. The van der Waals surface area contributed by atoms with Crippen molar-refractivity contribution >= 4 is 27.6 Å². The van der Waals surface area contributed by atoms with Crippen molar-refractivity contribution < 1.29 is 14.3 Å². The number of hydrogen-bond acceptors (Lipinski definition) is 5. The fourth-order valence-electron chi connectivity index (χ4n) is 5.49. The minimum atomic E-state index is -0.230. The molecule has 39 heavy (non-hydrogen) atoms. The molecule has 0 radical (unpaired) electrons. The molecule has 0 fully saturated rings. The highest BCUT2D eigenvalue weighted by molar-refractivity contribution is 6.07. The number of benzene rings is 3. The van der Waals surface area contributed by atoms with E-state index < -0.39 is 0 Å². The molecule has 0 saturated carbocycles. The van der Waals surface area contributed by atoms with Gasteiger partial charge in [0.05, 0.1) is 36.7 Å². The first-order valence-electron chi connectivity index (χ1n) is 13.1. The average Bonchev–Trinajstić information content (AvgIpc) is 3.38. The van der Waals surface area contributed by atoms with Gasteiger partial charge in [-0.05, 0) is 48.2 Å². The van der Waals surface area contributed by atoms with Gasteiger partial charge in [-0.2, -0.15) is 0 Å². The molecule has 1 unspecified atom stereocenters. The summed E-state index contributed by atoms with van der Waals surface area (Å²) >= 11 is 0. The van der Waals surface area contributed by atoms with Crippen LogP contribution in [0.4, 0.5) is 0 Å². The zero-order valence-electron chi connectivity index (χ0n) is 21.9. The number of methoxy groups -OCH3 is 2. The monoisotopic (exact) mass is 519 g/mol. The summed E-state index contributed by atoms with van der Waals surface area (Å²) in [7, 11) is 3.07. The number of carbonyl (C=O) groups excluding carboxylic acids is 1. The van der Waals surface area contributed by atoms with Crippen molar-refractivity contribution in [1.29, 1.82) is 0 Å². The fraction of sp³-hybridized carbons (Fsp3) is 0.219. The van der Waals surface area contributed by atoms with Crippen LogP contribution in [0.3, 0.4) is 0 Å². The van der Waals surface area contributed by atoms with Crippen molar-refractivity contribution in [3.05, 3.63) is 112 Å². The molecule has 1 amide bonds. The van der Waals surface area contributed by atoms with Crippen LogP contribution in [0.15, 0.2) is 83.8 Å². The van der Waals surface area contributed by atoms with E-state index in [0.717, 1.165) is 35.0 Å². The van der Waals surface area contributed by atoms with Gasteiger partial charge in [0.2, 0.25) is 0 Å².